The van der Waals surface area contributed by atoms with Crippen molar-refractivity contribution in [3.63, 3.8) is 0 Å². The lowest BCUT2D eigenvalue weighted by molar-refractivity contribution is -0.284. The summed E-state index contributed by atoms with van der Waals surface area (Å²) >= 11 is 0. The Morgan fingerprint density at radius 3 is 2.20 bits per heavy atom. The summed E-state index contributed by atoms with van der Waals surface area (Å²) < 4.78 is 61.5. The molecule has 4 nitrogen and oxygen atoms in total. The number of rotatable bonds is 8. The lowest BCUT2D eigenvalue weighted by Gasteiger charge is -2.28. The molecular formula is C16H24F5N3O. The number of carbonyl (C=O) groups excluding carboxylic acids is 1. The zero-order valence-electron chi connectivity index (χ0n) is 14.0. The number of nitrogens with zero attached hydrogens (tertiary/aromatic N) is 1. The summed E-state index contributed by atoms with van der Waals surface area (Å²) in [5, 5.41) is 6.00. The van der Waals surface area contributed by atoms with Gasteiger partial charge in [-0.2, -0.15) is 22.0 Å². The Morgan fingerprint density at radius 2 is 1.56 bits per heavy atom. The summed E-state index contributed by atoms with van der Waals surface area (Å²) in [4.78, 5) is 16.6. The summed E-state index contributed by atoms with van der Waals surface area (Å²) in [6.07, 6.45) is -2.47. The maximum atomic E-state index is 12.7. The molecule has 2 N–H and O–H groups in total. The van der Waals surface area contributed by atoms with Crippen LogP contribution in [0.2, 0.25) is 0 Å². The van der Waals surface area contributed by atoms with E-state index in [1.165, 1.54) is 0 Å². The summed E-state index contributed by atoms with van der Waals surface area (Å²) in [7, 11) is 0. The average molecular weight is 369 g/mol. The highest BCUT2D eigenvalue weighted by atomic mass is 19.4. The lowest BCUT2D eigenvalue weighted by atomic mass is 9.89. The van der Waals surface area contributed by atoms with E-state index in [4.69, 9.17) is 0 Å². The van der Waals surface area contributed by atoms with Gasteiger partial charge in [0.25, 0.3) is 5.91 Å². The monoisotopic (exact) mass is 369 g/mol. The van der Waals surface area contributed by atoms with Crippen LogP contribution in [0.1, 0.15) is 57.8 Å². The highest BCUT2D eigenvalue weighted by Gasteiger charge is 2.56. The van der Waals surface area contributed by atoms with Crippen LogP contribution in [0.3, 0.4) is 0 Å². The third kappa shape index (κ3) is 5.12. The Hall–Kier alpha value is -1.25. The van der Waals surface area contributed by atoms with Crippen molar-refractivity contribution in [3.05, 3.63) is 0 Å². The number of carbonyl (C=O) groups is 1. The van der Waals surface area contributed by atoms with Crippen LogP contribution in [0.5, 0.6) is 0 Å². The number of unbranched alkanes of at least 4 members (excludes halogenated alkanes) is 4. The smallest absolute Gasteiger partial charge is 0.317 e. The van der Waals surface area contributed by atoms with Crippen LogP contribution in [0, 0.1) is 0 Å². The number of amides is 1. The van der Waals surface area contributed by atoms with Crippen LogP contribution in [-0.2, 0) is 4.79 Å². The van der Waals surface area contributed by atoms with Crippen LogP contribution in [0.4, 0.5) is 22.0 Å². The molecule has 9 heteroatoms. The third-order valence-corrected chi connectivity index (χ3v) is 4.78. The number of amidine groups is 1. The van der Waals surface area contributed by atoms with Gasteiger partial charge in [-0.1, -0.05) is 19.3 Å². The topological polar surface area (TPSA) is 53.5 Å². The van der Waals surface area contributed by atoms with Gasteiger partial charge in [-0.15, -0.1) is 0 Å². The molecule has 25 heavy (non-hydrogen) atoms. The van der Waals surface area contributed by atoms with Crippen molar-refractivity contribution in [3.8, 4) is 0 Å². The van der Waals surface area contributed by atoms with Crippen molar-refractivity contribution in [1.82, 2.24) is 10.6 Å². The molecular weight excluding hydrogens is 345 g/mol. The first-order chi connectivity index (χ1) is 11.7. The third-order valence-electron chi connectivity index (χ3n) is 4.78. The highest BCUT2D eigenvalue weighted by molar-refractivity contribution is 6.08. The van der Waals surface area contributed by atoms with Crippen molar-refractivity contribution in [2.45, 2.75) is 75.4 Å². The number of piperidine rings is 1. The van der Waals surface area contributed by atoms with E-state index in [1.807, 2.05) is 0 Å². The van der Waals surface area contributed by atoms with Gasteiger partial charge in [0, 0.05) is 12.8 Å². The van der Waals surface area contributed by atoms with Crippen molar-refractivity contribution in [2.24, 2.45) is 4.99 Å². The van der Waals surface area contributed by atoms with Crippen molar-refractivity contribution >= 4 is 11.7 Å². The predicted molar refractivity (Wildman–Crippen MR) is 83.7 cm³/mol. The van der Waals surface area contributed by atoms with Crippen LogP contribution >= 0.6 is 0 Å². The summed E-state index contributed by atoms with van der Waals surface area (Å²) in [6.45, 7) is 1.51. The molecule has 0 bridgehead atoms. The average Bonchev–Trinajstić information content (AvgIpc) is 2.81. The summed E-state index contributed by atoms with van der Waals surface area (Å²) in [6, 6.07) is 0. The Kier molecular flexibility index (Phi) is 6.40. The second-order valence-corrected chi connectivity index (χ2v) is 6.76. The number of hydrogen-bond acceptors (Lipinski definition) is 3. The van der Waals surface area contributed by atoms with Crippen molar-refractivity contribution < 1.29 is 26.7 Å². The molecule has 144 valence electrons. The van der Waals surface area contributed by atoms with E-state index in [0.717, 1.165) is 19.5 Å². The Bertz CT molecular complexity index is 498. The number of aliphatic imine (C=N–C) groups is 1. The molecule has 1 saturated heterocycles. The van der Waals surface area contributed by atoms with Gasteiger partial charge in [0.1, 0.15) is 11.4 Å². The van der Waals surface area contributed by atoms with E-state index in [-0.39, 0.29) is 12.3 Å². The molecule has 0 aromatic heterocycles. The molecule has 0 aromatic rings. The Labute approximate surface area is 143 Å². The van der Waals surface area contributed by atoms with Gasteiger partial charge in [-0.25, -0.2) is 0 Å². The van der Waals surface area contributed by atoms with E-state index in [1.54, 1.807) is 0 Å². The largest absolute Gasteiger partial charge is 0.453 e. The summed E-state index contributed by atoms with van der Waals surface area (Å²) in [5.41, 5.74) is -0.635. The van der Waals surface area contributed by atoms with Gasteiger partial charge >= 0.3 is 12.1 Å². The van der Waals surface area contributed by atoms with Gasteiger partial charge in [0.15, 0.2) is 0 Å². The Morgan fingerprint density at radius 1 is 0.960 bits per heavy atom. The zero-order valence-corrected chi connectivity index (χ0v) is 14.0. The molecule has 2 heterocycles. The van der Waals surface area contributed by atoms with E-state index in [9.17, 15) is 26.7 Å². The molecule has 0 unspecified atom stereocenters. The Balaban J connectivity index is 1.61. The number of hydrogen-bond donors (Lipinski definition) is 2. The molecule has 0 saturated carbocycles. The molecule has 0 atom stereocenters. The van der Waals surface area contributed by atoms with Crippen molar-refractivity contribution in [2.75, 3.05) is 13.1 Å². The van der Waals surface area contributed by atoms with Crippen LogP contribution in [0.25, 0.3) is 0 Å². The maximum Gasteiger partial charge on any atom is 0.453 e. The number of halogens is 5. The first kappa shape index (κ1) is 20.1. The molecule has 2 aliphatic rings. The fourth-order valence-electron chi connectivity index (χ4n) is 3.19. The fraction of sp³-hybridized carbons (Fsp3) is 0.875. The van der Waals surface area contributed by atoms with E-state index >= 15 is 0 Å². The molecule has 1 amide bonds. The maximum absolute atomic E-state index is 12.7. The quantitative estimate of drug-likeness (QED) is 0.508. The van der Waals surface area contributed by atoms with Crippen LogP contribution in [0.15, 0.2) is 4.99 Å². The fourth-order valence-corrected chi connectivity index (χ4v) is 3.19. The molecule has 1 fully saturated rings. The first-order valence-corrected chi connectivity index (χ1v) is 8.72. The molecule has 2 aliphatic heterocycles. The van der Waals surface area contributed by atoms with Gasteiger partial charge in [-0.3, -0.25) is 9.79 Å². The van der Waals surface area contributed by atoms with Gasteiger partial charge in [0.2, 0.25) is 0 Å². The van der Waals surface area contributed by atoms with E-state index in [2.05, 4.69) is 15.6 Å². The SMILES string of the molecule is O=C1NC(CCCCCCCC(F)(F)C(F)(F)F)=NC12CCNCC2. The second-order valence-electron chi connectivity index (χ2n) is 6.76. The van der Waals surface area contributed by atoms with E-state index in [0.29, 0.717) is 44.4 Å². The van der Waals surface area contributed by atoms with Crippen LogP contribution < -0.4 is 10.6 Å². The van der Waals surface area contributed by atoms with Crippen LogP contribution in [-0.4, -0.2) is 42.5 Å². The zero-order chi connectivity index (χ0) is 18.6. The van der Waals surface area contributed by atoms with E-state index < -0.39 is 24.1 Å². The lowest BCUT2D eigenvalue weighted by Crippen LogP contribution is -2.47. The molecule has 1 spiro atoms. The molecule has 0 radical (unpaired) electrons. The molecule has 0 aliphatic carbocycles. The van der Waals surface area contributed by atoms with Gasteiger partial charge < -0.3 is 10.6 Å². The number of nitrogens with one attached hydrogen (secondary N) is 2. The minimum absolute atomic E-state index is 0.0571. The van der Waals surface area contributed by atoms with Gasteiger partial charge in [-0.05, 0) is 38.8 Å². The predicted octanol–water partition coefficient (Wildman–Crippen LogP) is 3.57. The standard InChI is InChI=1S/C16H24F5N3O/c17-15(18,16(19,20)21)7-5-3-1-2-4-6-12-23-13(25)14(24-12)8-10-22-11-9-14/h22H,1-11H2,(H,23,24,25). The first-order valence-electron chi connectivity index (χ1n) is 8.72. The van der Waals surface area contributed by atoms with Crippen molar-refractivity contribution in [1.29, 1.82) is 0 Å². The molecule has 2 rings (SSSR count). The molecule has 0 aromatic carbocycles. The van der Waals surface area contributed by atoms with Gasteiger partial charge in [0.05, 0.1) is 0 Å². The minimum Gasteiger partial charge on any atom is -0.317 e. The number of alkyl halides is 5. The normalized spacial score (nSPS) is 20.7. The minimum atomic E-state index is -5.46. The second kappa shape index (κ2) is 7.97. The highest BCUT2D eigenvalue weighted by Crippen LogP contribution is 2.39. The summed E-state index contributed by atoms with van der Waals surface area (Å²) in [5.74, 6) is -3.99.